The van der Waals surface area contributed by atoms with E-state index in [-0.39, 0.29) is 5.75 Å². The average Bonchev–Trinajstić information content (AvgIpc) is 2.40. The third-order valence-electron chi connectivity index (χ3n) is 3.23. The molecular weight excluding hydrogens is 287 g/mol. The molecule has 2 rings (SSSR count). The molecule has 116 valence electrons. The van der Waals surface area contributed by atoms with Gasteiger partial charge in [0.2, 0.25) is 5.91 Å². The minimum atomic E-state index is -4.70. The molecule has 1 saturated heterocycles. The van der Waals surface area contributed by atoms with Crippen LogP contribution < -0.4 is 15.8 Å². The monoisotopic (exact) mass is 303 g/mol. The van der Waals surface area contributed by atoms with E-state index in [0.29, 0.717) is 19.6 Å². The van der Waals surface area contributed by atoms with E-state index in [0.717, 1.165) is 12.1 Å². The second kappa shape index (κ2) is 6.31. The van der Waals surface area contributed by atoms with E-state index >= 15 is 0 Å². The maximum atomic E-state index is 12.1. The number of piperazine rings is 1. The summed E-state index contributed by atoms with van der Waals surface area (Å²) in [6.45, 7) is 2.31. The van der Waals surface area contributed by atoms with Crippen LogP contribution in [0.2, 0.25) is 0 Å². The van der Waals surface area contributed by atoms with Crippen molar-refractivity contribution in [3.8, 4) is 5.75 Å². The quantitative estimate of drug-likeness (QED) is 0.865. The number of alkyl halides is 3. The fourth-order valence-corrected chi connectivity index (χ4v) is 2.25. The number of nitrogens with two attached hydrogens (primary N) is 1. The molecule has 8 heteroatoms. The van der Waals surface area contributed by atoms with Gasteiger partial charge in [-0.2, -0.15) is 0 Å². The summed E-state index contributed by atoms with van der Waals surface area (Å²) in [5.74, 6) is -0.683. The van der Waals surface area contributed by atoms with Crippen molar-refractivity contribution < 1.29 is 22.7 Å². The first-order chi connectivity index (χ1) is 9.85. The van der Waals surface area contributed by atoms with E-state index < -0.39 is 18.3 Å². The summed E-state index contributed by atoms with van der Waals surface area (Å²) in [6, 6.07) is 5.18. The maximum absolute atomic E-state index is 12.1. The molecule has 1 aliphatic rings. The lowest BCUT2D eigenvalue weighted by molar-refractivity contribution is -0.274. The standard InChI is InChI=1S/C13H16F3N3O2/c14-13(15,16)21-10-3-1-9(2-4-10)8-19-6-5-18-7-11(19)12(17)20/h1-4,11,18H,5-8H2,(H2,17,20). The number of hydrogen-bond donors (Lipinski definition) is 2. The molecule has 0 radical (unpaired) electrons. The van der Waals surface area contributed by atoms with Crippen molar-refractivity contribution in [1.82, 2.24) is 10.2 Å². The molecule has 3 N–H and O–H groups in total. The lowest BCUT2D eigenvalue weighted by atomic mass is 10.1. The smallest absolute Gasteiger partial charge is 0.406 e. The van der Waals surface area contributed by atoms with E-state index in [1.807, 2.05) is 4.90 Å². The van der Waals surface area contributed by atoms with Crippen LogP contribution in [0, 0.1) is 0 Å². The largest absolute Gasteiger partial charge is 0.573 e. The second-order valence-corrected chi connectivity index (χ2v) is 4.78. The Labute approximate surface area is 119 Å². The third kappa shape index (κ3) is 4.61. The van der Waals surface area contributed by atoms with Crippen molar-refractivity contribution >= 4 is 5.91 Å². The number of nitrogens with one attached hydrogen (secondary N) is 1. The molecule has 1 aromatic carbocycles. The summed E-state index contributed by atoms with van der Waals surface area (Å²) in [5, 5.41) is 3.08. The van der Waals surface area contributed by atoms with Crippen LogP contribution in [0.4, 0.5) is 13.2 Å². The summed E-state index contributed by atoms with van der Waals surface area (Å²) in [6.07, 6.45) is -4.70. The fourth-order valence-electron chi connectivity index (χ4n) is 2.25. The zero-order valence-corrected chi connectivity index (χ0v) is 11.2. The Morgan fingerprint density at radius 1 is 1.38 bits per heavy atom. The van der Waals surface area contributed by atoms with Crippen LogP contribution in [0.5, 0.6) is 5.75 Å². The molecule has 1 aromatic rings. The van der Waals surface area contributed by atoms with Crippen molar-refractivity contribution in [2.24, 2.45) is 5.73 Å². The maximum Gasteiger partial charge on any atom is 0.573 e. The van der Waals surface area contributed by atoms with Crippen LogP contribution in [0.15, 0.2) is 24.3 Å². The van der Waals surface area contributed by atoms with Crippen LogP contribution in [0.3, 0.4) is 0 Å². The van der Waals surface area contributed by atoms with Crippen LogP contribution in [0.25, 0.3) is 0 Å². The SMILES string of the molecule is NC(=O)C1CNCCN1Cc1ccc(OC(F)(F)F)cc1. The molecule has 1 aliphatic heterocycles. The minimum absolute atomic E-state index is 0.266. The lowest BCUT2D eigenvalue weighted by Crippen LogP contribution is -2.56. The number of halogens is 3. The zero-order valence-electron chi connectivity index (χ0n) is 11.2. The van der Waals surface area contributed by atoms with Gasteiger partial charge in [-0.25, -0.2) is 0 Å². The van der Waals surface area contributed by atoms with Gasteiger partial charge in [0.25, 0.3) is 0 Å². The van der Waals surface area contributed by atoms with E-state index in [1.54, 1.807) is 12.1 Å². The van der Waals surface area contributed by atoms with Crippen LogP contribution in [-0.2, 0) is 11.3 Å². The number of hydrogen-bond acceptors (Lipinski definition) is 4. The van der Waals surface area contributed by atoms with Crippen LogP contribution in [0.1, 0.15) is 5.56 Å². The number of carbonyl (C=O) groups excluding carboxylic acids is 1. The molecule has 1 fully saturated rings. The summed E-state index contributed by atoms with van der Waals surface area (Å²) in [4.78, 5) is 13.3. The van der Waals surface area contributed by atoms with E-state index in [1.165, 1.54) is 12.1 Å². The van der Waals surface area contributed by atoms with Gasteiger partial charge in [0.15, 0.2) is 0 Å². The summed E-state index contributed by atoms with van der Waals surface area (Å²) >= 11 is 0. The first-order valence-electron chi connectivity index (χ1n) is 6.44. The Hall–Kier alpha value is -1.80. The van der Waals surface area contributed by atoms with Crippen molar-refractivity contribution in [2.75, 3.05) is 19.6 Å². The highest BCUT2D eigenvalue weighted by Gasteiger charge is 2.31. The Morgan fingerprint density at radius 2 is 2.05 bits per heavy atom. The molecular formula is C13H16F3N3O2. The van der Waals surface area contributed by atoms with Gasteiger partial charge in [-0.1, -0.05) is 12.1 Å². The highest BCUT2D eigenvalue weighted by atomic mass is 19.4. The predicted molar refractivity (Wildman–Crippen MR) is 69.4 cm³/mol. The number of ether oxygens (including phenoxy) is 1. The topological polar surface area (TPSA) is 67.6 Å². The molecule has 0 aromatic heterocycles. The normalized spacial score (nSPS) is 20.2. The van der Waals surface area contributed by atoms with Crippen molar-refractivity contribution in [2.45, 2.75) is 18.9 Å². The molecule has 5 nitrogen and oxygen atoms in total. The lowest BCUT2D eigenvalue weighted by Gasteiger charge is -2.34. The van der Waals surface area contributed by atoms with Gasteiger partial charge in [0.05, 0.1) is 0 Å². The van der Waals surface area contributed by atoms with Crippen LogP contribution in [-0.4, -0.2) is 42.8 Å². The van der Waals surface area contributed by atoms with Gasteiger partial charge in [-0.05, 0) is 17.7 Å². The molecule has 0 aliphatic carbocycles. The first kappa shape index (κ1) is 15.6. The number of amides is 1. The van der Waals surface area contributed by atoms with Gasteiger partial charge in [-0.15, -0.1) is 13.2 Å². The van der Waals surface area contributed by atoms with Gasteiger partial charge in [0.1, 0.15) is 11.8 Å². The van der Waals surface area contributed by atoms with E-state index in [4.69, 9.17) is 5.73 Å². The highest BCUT2D eigenvalue weighted by molar-refractivity contribution is 5.80. The molecule has 0 spiro atoms. The summed E-state index contributed by atoms with van der Waals surface area (Å²) in [5.41, 5.74) is 6.13. The summed E-state index contributed by atoms with van der Waals surface area (Å²) < 4.78 is 40.0. The van der Waals surface area contributed by atoms with Gasteiger partial charge in [0, 0.05) is 26.2 Å². The van der Waals surface area contributed by atoms with Crippen molar-refractivity contribution in [3.63, 3.8) is 0 Å². The number of rotatable bonds is 4. The first-order valence-corrected chi connectivity index (χ1v) is 6.44. The molecule has 0 saturated carbocycles. The van der Waals surface area contributed by atoms with Gasteiger partial charge >= 0.3 is 6.36 Å². The number of benzene rings is 1. The third-order valence-corrected chi connectivity index (χ3v) is 3.23. The average molecular weight is 303 g/mol. The molecule has 1 atom stereocenters. The number of nitrogens with zero attached hydrogens (tertiary/aromatic N) is 1. The zero-order chi connectivity index (χ0) is 15.5. The number of primary amides is 1. The minimum Gasteiger partial charge on any atom is -0.406 e. The Bertz CT molecular complexity index is 490. The van der Waals surface area contributed by atoms with Crippen molar-refractivity contribution in [3.05, 3.63) is 29.8 Å². The Morgan fingerprint density at radius 3 is 2.62 bits per heavy atom. The van der Waals surface area contributed by atoms with Gasteiger partial charge < -0.3 is 15.8 Å². The predicted octanol–water partition coefficient (Wildman–Crippen LogP) is 0.844. The fraction of sp³-hybridized carbons (Fsp3) is 0.462. The molecule has 1 unspecified atom stereocenters. The number of carbonyl (C=O) groups is 1. The Balaban J connectivity index is 2.00. The molecule has 1 amide bonds. The second-order valence-electron chi connectivity index (χ2n) is 4.78. The van der Waals surface area contributed by atoms with Gasteiger partial charge in [-0.3, -0.25) is 9.69 Å². The molecule has 0 bridgehead atoms. The van der Waals surface area contributed by atoms with E-state index in [2.05, 4.69) is 10.1 Å². The molecule has 1 heterocycles. The Kier molecular flexibility index (Phi) is 4.69. The molecule has 21 heavy (non-hydrogen) atoms. The van der Waals surface area contributed by atoms with Crippen LogP contribution >= 0.6 is 0 Å². The highest BCUT2D eigenvalue weighted by Crippen LogP contribution is 2.23. The summed E-state index contributed by atoms with van der Waals surface area (Å²) in [7, 11) is 0. The van der Waals surface area contributed by atoms with Crippen molar-refractivity contribution in [1.29, 1.82) is 0 Å². The van der Waals surface area contributed by atoms with E-state index in [9.17, 15) is 18.0 Å².